The minimum Gasteiger partial charge on any atom is -0.483 e. The van der Waals surface area contributed by atoms with Crippen molar-refractivity contribution in [1.29, 1.82) is 0 Å². The summed E-state index contributed by atoms with van der Waals surface area (Å²) in [4.78, 5) is 3.00. The summed E-state index contributed by atoms with van der Waals surface area (Å²) < 4.78 is 75.8. The smallest absolute Gasteiger partial charge is 0.405 e. The lowest BCUT2D eigenvalue weighted by molar-refractivity contribution is -0.221. The summed E-state index contributed by atoms with van der Waals surface area (Å²) in [5.41, 5.74) is 0.923. The molecule has 0 aliphatic carbocycles. The minimum atomic E-state index is -5.61. The van der Waals surface area contributed by atoms with Crippen LogP contribution in [0.1, 0.15) is 32.3 Å². The van der Waals surface area contributed by atoms with Gasteiger partial charge in [0, 0.05) is 5.56 Å². The highest BCUT2D eigenvalue weighted by Crippen LogP contribution is 2.36. The second kappa shape index (κ2) is 11.1. The van der Waals surface area contributed by atoms with Crippen LogP contribution in [0.2, 0.25) is 0 Å². The van der Waals surface area contributed by atoms with Crippen molar-refractivity contribution in [2.24, 2.45) is 0 Å². The fraction of sp³-hybridized carbons (Fsp3) is 0.333. The maximum atomic E-state index is 13.9. The number of hydrogen-bond acceptors (Lipinski definition) is 5. The lowest BCUT2D eigenvalue weighted by Gasteiger charge is -2.28. The molecule has 0 amide bonds. The summed E-state index contributed by atoms with van der Waals surface area (Å²) in [6.45, 7) is 4.08. The van der Waals surface area contributed by atoms with Crippen molar-refractivity contribution >= 4 is 21.0 Å². The molecule has 0 spiro atoms. The van der Waals surface area contributed by atoms with Crippen LogP contribution < -0.4 is 4.74 Å². The highest BCUT2D eigenvalue weighted by atomic mass is 32.2. The van der Waals surface area contributed by atoms with Crippen LogP contribution in [0.5, 0.6) is 5.75 Å². The van der Waals surface area contributed by atoms with Crippen LogP contribution in [-0.2, 0) is 36.3 Å². The molecule has 6 nitrogen and oxygen atoms in total. The summed E-state index contributed by atoms with van der Waals surface area (Å²) in [5, 5.41) is -4.44. The Bertz CT molecular complexity index is 1270. The van der Waals surface area contributed by atoms with Crippen LogP contribution in [0, 0.1) is 0 Å². The van der Waals surface area contributed by atoms with E-state index in [1.165, 1.54) is 12.1 Å². The number of halogens is 2. The fourth-order valence-corrected chi connectivity index (χ4v) is 6.47. The molecule has 2 unspecified atom stereocenters. The van der Waals surface area contributed by atoms with Crippen molar-refractivity contribution in [1.82, 2.24) is 0 Å². The van der Waals surface area contributed by atoms with Crippen molar-refractivity contribution in [2.75, 3.05) is 13.2 Å². The van der Waals surface area contributed by atoms with E-state index in [9.17, 15) is 17.2 Å². The van der Waals surface area contributed by atoms with Crippen LogP contribution in [0.4, 0.5) is 8.78 Å². The SMILES string of the molecule is CC(Oc1ccc([S+](c2ccccc2)c2ccc(C3(C)OCCCCO3)cc2)cc1)C(F)(F)S(=O)(=O)O. The summed E-state index contributed by atoms with van der Waals surface area (Å²) in [5.74, 6) is -0.748. The van der Waals surface area contributed by atoms with Crippen molar-refractivity contribution in [3.63, 3.8) is 0 Å². The van der Waals surface area contributed by atoms with Gasteiger partial charge in [-0.3, -0.25) is 4.55 Å². The van der Waals surface area contributed by atoms with Crippen LogP contribution in [0.3, 0.4) is 0 Å². The normalized spacial score (nSPS) is 18.0. The Morgan fingerprint density at radius 1 is 0.892 bits per heavy atom. The molecule has 1 fully saturated rings. The maximum absolute atomic E-state index is 13.9. The molecule has 37 heavy (non-hydrogen) atoms. The number of hydrogen-bond donors (Lipinski definition) is 1. The maximum Gasteiger partial charge on any atom is 0.405 e. The highest BCUT2D eigenvalue weighted by Gasteiger charge is 2.51. The third-order valence-corrected chi connectivity index (χ3v) is 9.33. The zero-order valence-corrected chi connectivity index (χ0v) is 22.1. The van der Waals surface area contributed by atoms with Crippen LogP contribution >= 0.6 is 0 Å². The standard InChI is InChI=1S/C27H28F2O6S2/c1-20(27(28,29)37(30,31)32)35-22-12-16-25(17-13-22)36(23-8-4-3-5-9-23)24-14-10-21(11-15-24)26(2)33-18-6-7-19-34-26/h3-5,8-17,20H,6-7,18-19H2,1-2H3/p+1. The molecule has 4 rings (SSSR count). The Labute approximate surface area is 218 Å². The highest BCUT2D eigenvalue weighted by molar-refractivity contribution is 7.97. The van der Waals surface area contributed by atoms with E-state index in [1.807, 2.05) is 61.5 Å². The predicted octanol–water partition coefficient (Wildman–Crippen LogP) is 6.03. The fourth-order valence-electron chi connectivity index (χ4n) is 3.94. The molecule has 10 heteroatoms. The molecule has 198 valence electrons. The van der Waals surface area contributed by atoms with Crippen LogP contribution in [0.25, 0.3) is 0 Å². The Morgan fingerprint density at radius 2 is 1.38 bits per heavy atom. The van der Waals surface area contributed by atoms with Gasteiger partial charge < -0.3 is 14.2 Å². The van der Waals surface area contributed by atoms with E-state index in [0.717, 1.165) is 40.0 Å². The molecule has 3 aromatic carbocycles. The molecule has 0 saturated carbocycles. The third kappa shape index (κ3) is 6.15. The Hall–Kier alpha value is -2.50. The third-order valence-electron chi connectivity index (χ3n) is 6.08. The van der Waals surface area contributed by atoms with E-state index < -0.39 is 38.2 Å². The summed E-state index contributed by atoms with van der Waals surface area (Å²) in [6, 6.07) is 24.5. The van der Waals surface area contributed by atoms with Crippen molar-refractivity contribution < 1.29 is 36.0 Å². The molecule has 3 aromatic rings. The van der Waals surface area contributed by atoms with Gasteiger partial charge in [0.2, 0.25) is 0 Å². The molecule has 1 N–H and O–H groups in total. The van der Waals surface area contributed by atoms with Gasteiger partial charge in [-0.1, -0.05) is 18.2 Å². The van der Waals surface area contributed by atoms with Gasteiger partial charge in [-0.25, -0.2) is 0 Å². The number of alkyl halides is 2. The number of ether oxygens (including phenoxy) is 3. The number of rotatable bonds is 8. The Kier molecular flexibility index (Phi) is 8.25. The minimum absolute atomic E-state index is 0.0575. The van der Waals surface area contributed by atoms with E-state index in [0.29, 0.717) is 13.2 Å². The van der Waals surface area contributed by atoms with E-state index in [-0.39, 0.29) is 5.75 Å². The largest absolute Gasteiger partial charge is 0.483 e. The topological polar surface area (TPSA) is 82.1 Å². The van der Waals surface area contributed by atoms with Gasteiger partial charge in [0.25, 0.3) is 0 Å². The summed E-state index contributed by atoms with van der Waals surface area (Å²) in [7, 11) is -6.13. The van der Waals surface area contributed by atoms with Gasteiger partial charge in [-0.2, -0.15) is 17.2 Å². The van der Waals surface area contributed by atoms with Crippen molar-refractivity contribution in [3.05, 3.63) is 84.4 Å². The average Bonchev–Trinajstić information content (AvgIpc) is 3.11. The predicted molar refractivity (Wildman–Crippen MR) is 137 cm³/mol. The molecular weight excluding hydrogens is 522 g/mol. The zero-order chi connectivity index (χ0) is 26.7. The Balaban J connectivity index is 1.62. The second-order valence-electron chi connectivity index (χ2n) is 8.76. The first-order chi connectivity index (χ1) is 17.5. The molecular formula is C27H29F2O6S2+. The lowest BCUT2D eigenvalue weighted by Crippen LogP contribution is -2.42. The average molecular weight is 552 g/mol. The van der Waals surface area contributed by atoms with Gasteiger partial charge >= 0.3 is 15.4 Å². The van der Waals surface area contributed by atoms with Crippen molar-refractivity contribution in [3.8, 4) is 5.75 Å². The molecule has 1 aliphatic heterocycles. The van der Waals surface area contributed by atoms with E-state index in [4.69, 9.17) is 18.8 Å². The molecule has 1 heterocycles. The van der Waals surface area contributed by atoms with Gasteiger partial charge in [-0.15, -0.1) is 0 Å². The zero-order valence-electron chi connectivity index (χ0n) is 20.5. The molecule has 0 radical (unpaired) electrons. The first-order valence-corrected chi connectivity index (χ1v) is 14.5. The van der Waals surface area contributed by atoms with Crippen molar-refractivity contribution in [2.45, 2.75) is 58.5 Å². The summed E-state index contributed by atoms with van der Waals surface area (Å²) in [6.07, 6.45) is -0.170. The number of benzene rings is 3. The van der Waals surface area contributed by atoms with Gasteiger partial charge in [0.05, 0.1) is 24.1 Å². The first kappa shape index (κ1) is 27.5. The quantitative estimate of drug-likeness (QED) is 0.272. The van der Waals surface area contributed by atoms with Gasteiger partial charge in [0.1, 0.15) is 5.75 Å². The van der Waals surface area contributed by atoms with Crippen LogP contribution in [0.15, 0.2) is 93.5 Å². The monoisotopic (exact) mass is 551 g/mol. The summed E-state index contributed by atoms with van der Waals surface area (Å²) >= 11 is 0. The Morgan fingerprint density at radius 3 is 1.89 bits per heavy atom. The van der Waals surface area contributed by atoms with Crippen LogP contribution in [-0.4, -0.2) is 37.5 Å². The second-order valence-corrected chi connectivity index (χ2v) is 12.3. The lowest BCUT2D eigenvalue weighted by atomic mass is 10.1. The van der Waals surface area contributed by atoms with Gasteiger partial charge in [-0.05, 0) is 87.4 Å². The molecule has 2 atom stereocenters. The van der Waals surface area contributed by atoms with E-state index >= 15 is 0 Å². The molecule has 0 bridgehead atoms. The molecule has 0 aromatic heterocycles. The first-order valence-electron chi connectivity index (χ1n) is 11.8. The van der Waals surface area contributed by atoms with Gasteiger partial charge in [0.15, 0.2) is 26.6 Å². The van der Waals surface area contributed by atoms with E-state index in [2.05, 4.69) is 0 Å². The molecule has 1 aliphatic rings. The van der Waals surface area contributed by atoms with E-state index in [1.54, 1.807) is 12.1 Å². The molecule has 1 saturated heterocycles.